The van der Waals surface area contributed by atoms with Gasteiger partial charge in [0.2, 0.25) is 0 Å². The minimum Gasteiger partial charge on any atom is -0.309 e. The molecule has 0 unspecified atom stereocenters. The Hall–Kier alpha value is -8.52. The SMILES string of the molecule is CC.Cc1ccc(-c2cccc(-c3cccc(-c4ccc5c(c4)c4cc6c(cc4n5-c4ccccc4)C(C)(C)C4=C6C=CCC4)c3C)c2C)cc1-c1cc2c(cc1C)C(C)(C)c1ccccc1-2.Cc1ccccc1.Cc1ccccc1. The monoisotopic (exact) mass is 1050 g/mol. The molecule has 0 saturated carbocycles. The number of para-hydroxylation sites is 1. The number of allylic oxidation sites excluding steroid dienone is 4. The molecule has 0 saturated heterocycles. The molecule has 0 atom stereocenters. The van der Waals surface area contributed by atoms with Crippen molar-refractivity contribution in [3.8, 4) is 61.3 Å². The average Bonchev–Trinajstić information content (AvgIpc) is 4.11. The number of hydrogen-bond donors (Lipinski definition) is 0. The Morgan fingerprint density at radius 2 is 0.877 bits per heavy atom. The van der Waals surface area contributed by atoms with E-state index in [1.165, 1.54) is 144 Å². The van der Waals surface area contributed by atoms with E-state index < -0.39 is 0 Å². The zero-order valence-electron chi connectivity index (χ0n) is 49.7. The number of nitrogens with zero attached hydrogens (tertiary/aromatic N) is 1. The maximum absolute atomic E-state index is 2.51. The summed E-state index contributed by atoms with van der Waals surface area (Å²) in [5.74, 6) is 0. The lowest BCUT2D eigenvalue weighted by molar-refractivity contribution is 0.608. The Morgan fingerprint density at radius 3 is 1.49 bits per heavy atom. The summed E-state index contributed by atoms with van der Waals surface area (Å²) in [7, 11) is 0. The summed E-state index contributed by atoms with van der Waals surface area (Å²) in [5, 5.41) is 2.60. The first kappa shape index (κ1) is 54.4. The van der Waals surface area contributed by atoms with Crippen LogP contribution in [-0.4, -0.2) is 4.57 Å². The Kier molecular flexibility index (Phi) is 14.9. The fraction of sp³-hybridized carbons (Fsp3) is 0.200. The first-order chi connectivity index (χ1) is 39.2. The third kappa shape index (κ3) is 9.82. The fourth-order valence-corrected chi connectivity index (χ4v) is 13.3. The molecule has 0 radical (unpaired) electrons. The number of rotatable bonds is 5. The molecule has 1 heteroatoms. The van der Waals surface area contributed by atoms with Crippen LogP contribution in [0.5, 0.6) is 0 Å². The molecule has 1 heterocycles. The molecule has 1 aromatic heterocycles. The van der Waals surface area contributed by atoms with E-state index in [2.05, 4.69) is 262 Å². The fourth-order valence-electron chi connectivity index (χ4n) is 13.3. The topological polar surface area (TPSA) is 4.93 Å². The molecule has 10 aromatic carbocycles. The highest BCUT2D eigenvalue weighted by molar-refractivity contribution is 6.12. The van der Waals surface area contributed by atoms with E-state index in [-0.39, 0.29) is 10.8 Å². The van der Waals surface area contributed by atoms with Gasteiger partial charge in [0.05, 0.1) is 11.0 Å². The zero-order chi connectivity index (χ0) is 56.7. The third-order valence-electron chi connectivity index (χ3n) is 17.7. The van der Waals surface area contributed by atoms with Gasteiger partial charge in [0.15, 0.2) is 0 Å². The van der Waals surface area contributed by atoms with Crippen molar-refractivity contribution in [3.63, 3.8) is 0 Å². The van der Waals surface area contributed by atoms with Crippen molar-refractivity contribution in [1.29, 1.82) is 0 Å². The minimum atomic E-state index is -0.0123. The van der Waals surface area contributed by atoms with Crippen LogP contribution in [-0.2, 0) is 10.8 Å². The quantitative estimate of drug-likeness (QED) is 0.162. The lowest BCUT2D eigenvalue weighted by Crippen LogP contribution is -2.17. The molecule has 402 valence electrons. The summed E-state index contributed by atoms with van der Waals surface area (Å²) in [5.41, 5.74) is 33.2. The van der Waals surface area contributed by atoms with Gasteiger partial charge >= 0.3 is 0 Å². The number of benzene rings is 10. The van der Waals surface area contributed by atoms with Crippen LogP contribution in [0.4, 0.5) is 0 Å². The van der Waals surface area contributed by atoms with E-state index in [0.29, 0.717) is 0 Å². The number of aryl methyl sites for hydroxylation is 4. The molecule has 0 bridgehead atoms. The van der Waals surface area contributed by atoms with Gasteiger partial charge in [-0.15, -0.1) is 0 Å². The second-order valence-electron chi connectivity index (χ2n) is 23.5. The van der Waals surface area contributed by atoms with Crippen LogP contribution in [0.15, 0.2) is 230 Å². The van der Waals surface area contributed by atoms with Crippen molar-refractivity contribution >= 4 is 27.4 Å². The largest absolute Gasteiger partial charge is 0.309 e. The van der Waals surface area contributed by atoms with E-state index in [1.54, 1.807) is 5.57 Å². The van der Waals surface area contributed by atoms with Crippen LogP contribution in [0.2, 0.25) is 0 Å². The molecule has 0 N–H and O–H groups in total. The predicted molar refractivity (Wildman–Crippen MR) is 351 cm³/mol. The summed E-state index contributed by atoms with van der Waals surface area (Å²) in [6.45, 7) is 26.9. The van der Waals surface area contributed by atoms with E-state index in [1.807, 2.05) is 50.2 Å². The molecule has 14 rings (SSSR count). The highest BCUT2D eigenvalue weighted by Crippen LogP contribution is 2.53. The molecule has 0 amide bonds. The minimum absolute atomic E-state index is 0.00754. The number of hydrogen-bond acceptors (Lipinski definition) is 0. The molecule has 3 aliphatic rings. The van der Waals surface area contributed by atoms with E-state index >= 15 is 0 Å². The highest BCUT2D eigenvalue weighted by atomic mass is 15.0. The van der Waals surface area contributed by atoms with Crippen LogP contribution < -0.4 is 0 Å². The van der Waals surface area contributed by atoms with E-state index in [4.69, 9.17) is 0 Å². The van der Waals surface area contributed by atoms with Crippen LogP contribution in [0.25, 0.3) is 88.7 Å². The Balaban J connectivity index is 0.000000376. The molecule has 3 aliphatic carbocycles. The normalized spacial score (nSPS) is 13.9. The number of aromatic nitrogens is 1. The molecule has 0 aliphatic heterocycles. The van der Waals surface area contributed by atoms with Crippen molar-refractivity contribution in [2.75, 3.05) is 0 Å². The van der Waals surface area contributed by atoms with Crippen LogP contribution in [0, 0.1) is 41.5 Å². The average molecular weight is 1050 g/mol. The molecule has 1 nitrogen and oxygen atoms in total. The van der Waals surface area contributed by atoms with Gasteiger partial charge in [-0.05, 0) is 209 Å². The lowest BCUT2D eigenvalue weighted by atomic mass is 9.78. The van der Waals surface area contributed by atoms with Gasteiger partial charge in [-0.1, -0.05) is 234 Å². The van der Waals surface area contributed by atoms with Crippen LogP contribution >= 0.6 is 0 Å². The van der Waals surface area contributed by atoms with Gasteiger partial charge in [-0.25, -0.2) is 0 Å². The summed E-state index contributed by atoms with van der Waals surface area (Å²) >= 11 is 0. The van der Waals surface area contributed by atoms with Crippen molar-refractivity contribution in [2.24, 2.45) is 0 Å². The molecule has 81 heavy (non-hydrogen) atoms. The van der Waals surface area contributed by atoms with Gasteiger partial charge in [-0.2, -0.15) is 0 Å². The maximum Gasteiger partial charge on any atom is 0.0544 e. The van der Waals surface area contributed by atoms with Crippen molar-refractivity contribution in [3.05, 3.63) is 286 Å². The van der Waals surface area contributed by atoms with Gasteiger partial charge in [0.25, 0.3) is 0 Å². The zero-order valence-corrected chi connectivity index (χ0v) is 49.7. The maximum atomic E-state index is 2.51. The smallest absolute Gasteiger partial charge is 0.0544 e. The van der Waals surface area contributed by atoms with Crippen LogP contribution in [0.1, 0.15) is 110 Å². The van der Waals surface area contributed by atoms with Crippen molar-refractivity contribution in [2.45, 2.75) is 107 Å². The van der Waals surface area contributed by atoms with Gasteiger partial charge < -0.3 is 4.57 Å². The lowest BCUT2D eigenvalue weighted by Gasteiger charge is -2.25. The molecule has 0 fully saturated rings. The Labute approximate surface area is 483 Å². The summed E-state index contributed by atoms with van der Waals surface area (Å²) < 4.78 is 2.48. The summed E-state index contributed by atoms with van der Waals surface area (Å²) in [6, 6.07) is 78.3. The van der Waals surface area contributed by atoms with Gasteiger partial charge in [0, 0.05) is 27.3 Å². The Bertz CT molecular complexity index is 4180. The second kappa shape index (κ2) is 22.2. The molecule has 0 spiro atoms. The number of fused-ring (bicyclic) bond motifs is 8. The first-order valence-corrected chi connectivity index (χ1v) is 29.4. The highest BCUT2D eigenvalue weighted by Gasteiger charge is 2.39. The van der Waals surface area contributed by atoms with E-state index in [9.17, 15) is 0 Å². The van der Waals surface area contributed by atoms with Gasteiger partial charge in [0.1, 0.15) is 0 Å². The standard InChI is InChI=1S/C64H55N.2C7H8.C2H6/c1-38-28-29-42(33-51(38)52-35-53-49-20-12-14-26-57(49)63(5,6)59(53)32-39(52)2)45-22-16-24-47(40(45)3)48-25-17-23-46(41(48)4)43-30-31-61-55(34-43)56-36-54-50-21-13-15-27-58(50)64(7,8)60(54)37-62(56)65(61)44-18-10-9-11-19-44;2*1-7-5-3-2-4-6-7;1-2/h9-14,16-26,28-37H,15,27H2,1-8H3;2*2-6H,1H3;1-2H3. The van der Waals surface area contributed by atoms with E-state index in [0.717, 1.165) is 12.8 Å². The molecular formula is C80H77N. The predicted octanol–water partition coefficient (Wildman–Crippen LogP) is 22.4. The van der Waals surface area contributed by atoms with Gasteiger partial charge in [-0.3, -0.25) is 0 Å². The third-order valence-corrected chi connectivity index (χ3v) is 17.7. The summed E-state index contributed by atoms with van der Waals surface area (Å²) in [6.07, 6.45) is 7.01. The van der Waals surface area contributed by atoms with Crippen molar-refractivity contribution < 1.29 is 0 Å². The Morgan fingerprint density at radius 1 is 0.358 bits per heavy atom. The molecule has 11 aromatic rings. The summed E-state index contributed by atoms with van der Waals surface area (Å²) in [4.78, 5) is 0. The first-order valence-electron chi connectivity index (χ1n) is 29.4. The second-order valence-corrected chi connectivity index (χ2v) is 23.5. The molecular weight excluding hydrogens is 975 g/mol. The van der Waals surface area contributed by atoms with Crippen molar-refractivity contribution in [1.82, 2.24) is 4.57 Å². The van der Waals surface area contributed by atoms with Crippen LogP contribution in [0.3, 0.4) is 0 Å².